The molecule has 1 heterocycles. The number of aromatic nitrogens is 3. The van der Waals surface area contributed by atoms with Gasteiger partial charge in [0.15, 0.2) is 10.6 Å². The molecule has 0 amide bonds. The predicted octanol–water partition coefficient (Wildman–Crippen LogP) is 4.23. The summed E-state index contributed by atoms with van der Waals surface area (Å²) in [6.07, 6.45) is 1.77. The highest BCUT2D eigenvalue weighted by atomic mass is 79.9. The number of H-pyrrole nitrogens is 1. The third kappa shape index (κ3) is 3.55. The van der Waals surface area contributed by atoms with Gasteiger partial charge in [-0.25, -0.2) is 0 Å². The Kier molecular flexibility index (Phi) is 4.95. The molecule has 100 valence electrons. The fraction of sp³-hybridized carbons (Fsp3) is 0.167. The van der Waals surface area contributed by atoms with Crippen molar-refractivity contribution in [1.29, 1.82) is 0 Å². The lowest BCUT2D eigenvalue weighted by atomic mass is 10.3. The second kappa shape index (κ2) is 6.49. The van der Waals surface area contributed by atoms with Gasteiger partial charge >= 0.3 is 0 Å². The molecule has 0 spiro atoms. The lowest BCUT2D eigenvalue weighted by molar-refractivity contribution is 0.288. The van der Waals surface area contributed by atoms with Gasteiger partial charge in [0.1, 0.15) is 12.4 Å². The van der Waals surface area contributed by atoms with Crippen LogP contribution >= 0.6 is 44.1 Å². The molecule has 2 aromatic rings. The first-order valence-corrected chi connectivity index (χ1v) is 7.44. The minimum atomic E-state index is 0.335. The monoisotopic (exact) mass is 403 g/mol. The Bertz CT molecular complexity index is 651. The average Bonchev–Trinajstić information content (AvgIpc) is 2.71. The Morgan fingerprint density at radius 2 is 2.26 bits per heavy atom. The zero-order chi connectivity index (χ0) is 13.8. The van der Waals surface area contributed by atoms with Gasteiger partial charge in [-0.2, -0.15) is 5.10 Å². The van der Waals surface area contributed by atoms with E-state index in [1.807, 2.05) is 22.8 Å². The summed E-state index contributed by atoms with van der Waals surface area (Å²) in [7, 11) is 0. The highest BCUT2D eigenvalue weighted by Crippen LogP contribution is 2.28. The van der Waals surface area contributed by atoms with Crippen molar-refractivity contribution in [3.63, 3.8) is 0 Å². The largest absolute Gasteiger partial charge is 0.484 e. The van der Waals surface area contributed by atoms with E-state index in [1.54, 1.807) is 6.08 Å². The van der Waals surface area contributed by atoms with E-state index < -0.39 is 0 Å². The van der Waals surface area contributed by atoms with Gasteiger partial charge in [0.2, 0.25) is 0 Å². The molecule has 0 aliphatic carbocycles. The van der Waals surface area contributed by atoms with E-state index in [0.717, 1.165) is 20.5 Å². The van der Waals surface area contributed by atoms with Crippen molar-refractivity contribution >= 4 is 44.1 Å². The van der Waals surface area contributed by atoms with Crippen molar-refractivity contribution in [2.45, 2.75) is 13.2 Å². The molecule has 1 N–H and O–H groups in total. The molecule has 7 heteroatoms. The molecule has 2 rings (SSSR count). The molecule has 4 nitrogen and oxygen atoms in total. The SMILES string of the molecule is C=CCn1c(COc2ccc(Br)cc2Br)n[nH]c1=S. The molecule has 1 aromatic carbocycles. The lowest BCUT2D eigenvalue weighted by Crippen LogP contribution is -2.06. The molecule has 0 radical (unpaired) electrons. The zero-order valence-corrected chi connectivity index (χ0v) is 13.9. The van der Waals surface area contributed by atoms with Crippen LogP contribution in [0.4, 0.5) is 0 Å². The van der Waals surface area contributed by atoms with Crippen LogP contribution in [0.5, 0.6) is 5.75 Å². The number of hydrogen-bond donors (Lipinski definition) is 1. The summed E-state index contributed by atoms with van der Waals surface area (Å²) in [5.74, 6) is 1.49. The van der Waals surface area contributed by atoms with Crippen LogP contribution in [0.3, 0.4) is 0 Å². The van der Waals surface area contributed by atoms with Crippen LogP contribution in [-0.2, 0) is 13.2 Å². The second-order valence-corrected chi connectivity index (χ2v) is 5.86. The zero-order valence-electron chi connectivity index (χ0n) is 9.90. The van der Waals surface area contributed by atoms with E-state index in [2.05, 4.69) is 48.6 Å². The average molecular weight is 405 g/mol. The molecule has 0 fully saturated rings. The maximum atomic E-state index is 5.73. The third-order valence-corrected chi connectivity index (χ3v) is 3.82. The number of rotatable bonds is 5. The molecule has 0 atom stereocenters. The summed E-state index contributed by atoms with van der Waals surface area (Å²) >= 11 is 12.0. The van der Waals surface area contributed by atoms with Crippen molar-refractivity contribution in [1.82, 2.24) is 14.8 Å². The second-order valence-electron chi connectivity index (χ2n) is 3.71. The van der Waals surface area contributed by atoms with Gasteiger partial charge in [-0.15, -0.1) is 6.58 Å². The Labute approximate surface area is 132 Å². The molecule has 0 bridgehead atoms. The molecule has 0 aliphatic heterocycles. The lowest BCUT2D eigenvalue weighted by Gasteiger charge is -2.08. The van der Waals surface area contributed by atoms with Crippen LogP contribution in [0.25, 0.3) is 0 Å². The molecular formula is C12H11Br2N3OS. The highest BCUT2D eigenvalue weighted by molar-refractivity contribution is 9.11. The minimum Gasteiger partial charge on any atom is -0.484 e. The Morgan fingerprint density at radius 3 is 2.95 bits per heavy atom. The predicted molar refractivity (Wildman–Crippen MR) is 83.8 cm³/mol. The minimum absolute atomic E-state index is 0.335. The summed E-state index contributed by atoms with van der Waals surface area (Å²) in [6.45, 7) is 4.64. The summed E-state index contributed by atoms with van der Waals surface area (Å²) < 4.78 is 10.0. The van der Waals surface area contributed by atoms with E-state index in [9.17, 15) is 0 Å². The van der Waals surface area contributed by atoms with Crippen molar-refractivity contribution in [3.8, 4) is 5.75 Å². The van der Waals surface area contributed by atoms with Gasteiger partial charge in [-0.05, 0) is 46.3 Å². The highest BCUT2D eigenvalue weighted by Gasteiger charge is 2.07. The van der Waals surface area contributed by atoms with Crippen LogP contribution in [-0.4, -0.2) is 14.8 Å². The van der Waals surface area contributed by atoms with Crippen LogP contribution < -0.4 is 4.74 Å². The maximum Gasteiger partial charge on any atom is 0.195 e. The van der Waals surface area contributed by atoms with E-state index in [4.69, 9.17) is 17.0 Å². The van der Waals surface area contributed by atoms with Gasteiger partial charge < -0.3 is 4.74 Å². The van der Waals surface area contributed by atoms with Crippen molar-refractivity contribution in [2.75, 3.05) is 0 Å². The van der Waals surface area contributed by atoms with E-state index in [1.165, 1.54) is 0 Å². The van der Waals surface area contributed by atoms with Crippen LogP contribution in [0.15, 0.2) is 39.8 Å². The van der Waals surface area contributed by atoms with E-state index in [0.29, 0.717) is 17.9 Å². The van der Waals surface area contributed by atoms with Crippen molar-refractivity contribution in [3.05, 3.63) is 50.4 Å². The summed E-state index contributed by atoms with van der Waals surface area (Å²) in [5.41, 5.74) is 0. The van der Waals surface area contributed by atoms with Gasteiger partial charge in [-0.1, -0.05) is 22.0 Å². The van der Waals surface area contributed by atoms with Gasteiger partial charge in [-0.3, -0.25) is 9.67 Å². The molecule has 0 unspecified atom stereocenters. The first kappa shape index (κ1) is 14.5. The number of hydrogen-bond acceptors (Lipinski definition) is 3. The van der Waals surface area contributed by atoms with Crippen molar-refractivity contribution in [2.24, 2.45) is 0 Å². The summed E-state index contributed by atoms with van der Waals surface area (Å²) in [5, 5.41) is 6.90. The number of nitrogens with zero attached hydrogens (tertiary/aromatic N) is 2. The third-order valence-electron chi connectivity index (χ3n) is 2.40. The Hall–Kier alpha value is -0.920. The summed E-state index contributed by atoms with van der Waals surface area (Å²) in [4.78, 5) is 0. The molecule has 0 saturated carbocycles. The number of aromatic amines is 1. The molecule has 0 saturated heterocycles. The molecule has 19 heavy (non-hydrogen) atoms. The Morgan fingerprint density at radius 1 is 1.47 bits per heavy atom. The maximum absolute atomic E-state index is 5.73. The fourth-order valence-electron chi connectivity index (χ4n) is 1.51. The number of nitrogens with one attached hydrogen (secondary N) is 1. The van der Waals surface area contributed by atoms with Crippen molar-refractivity contribution < 1.29 is 4.74 Å². The first-order valence-electron chi connectivity index (χ1n) is 5.44. The quantitative estimate of drug-likeness (QED) is 0.598. The smallest absolute Gasteiger partial charge is 0.195 e. The van der Waals surface area contributed by atoms with Crippen LogP contribution in [0.1, 0.15) is 5.82 Å². The fourth-order valence-corrected chi connectivity index (χ4v) is 2.90. The first-order chi connectivity index (χ1) is 9.11. The normalized spacial score (nSPS) is 10.4. The van der Waals surface area contributed by atoms with Gasteiger partial charge in [0.05, 0.1) is 4.47 Å². The molecule has 0 aliphatic rings. The van der Waals surface area contributed by atoms with Crippen LogP contribution in [0, 0.1) is 4.77 Å². The topological polar surface area (TPSA) is 42.8 Å². The number of allylic oxidation sites excluding steroid dienone is 1. The number of benzene rings is 1. The van der Waals surface area contributed by atoms with Gasteiger partial charge in [0, 0.05) is 11.0 Å². The Balaban J connectivity index is 2.14. The van der Waals surface area contributed by atoms with E-state index in [-0.39, 0.29) is 0 Å². The summed E-state index contributed by atoms with van der Waals surface area (Å²) in [6, 6.07) is 5.73. The standard InChI is InChI=1S/C12H11Br2N3OS/c1-2-5-17-11(15-16-12(17)19)7-18-10-4-3-8(13)6-9(10)14/h2-4,6H,1,5,7H2,(H,16,19). The number of halogens is 2. The van der Waals surface area contributed by atoms with E-state index >= 15 is 0 Å². The molecular weight excluding hydrogens is 394 g/mol. The van der Waals surface area contributed by atoms with Gasteiger partial charge in [0.25, 0.3) is 0 Å². The molecule has 1 aromatic heterocycles. The van der Waals surface area contributed by atoms with Crippen LogP contribution in [0.2, 0.25) is 0 Å². The number of ether oxygens (including phenoxy) is 1.